The van der Waals surface area contributed by atoms with Crippen LogP contribution in [-0.4, -0.2) is 50.3 Å². The van der Waals surface area contributed by atoms with E-state index in [0.29, 0.717) is 24.3 Å². The van der Waals surface area contributed by atoms with E-state index in [1.54, 1.807) is 0 Å². The SMILES string of the molecule is CC1CCCC2CC(C(=O)NCCc3cc(Cl)ccc3N3CCOCC3)NC12C1CCCCCCCC1. The van der Waals surface area contributed by atoms with Gasteiger partial charge in [-0.3, -0.25) is 10.1 Å². The first kappa shape index (κ1) is 27.3. The molecule has 1 aromatic carbocycles. The van der Waals surface area contributed by atoms with Gasteiger partial charge in [0.25, 0.3) is 0 Å². The van der Waals surface area contributed by atoms with Crippen LogP contribution in [0.5, 0.6) is 0 Å². The van der Waals surface area contributed by atoms with E-state index in [4.69, 9.17) is 16.3 Å². The molecule has 4 aliphatic rings. The van der Waals surface area contributed by atoms with Crippen molar-refractivity contribution in [3.8, 4) is 0 Å². The highest BCUT2D eigenvalue weighted by atomic mass is 35.5. The van der Waals surface area contributed by atoms with Crippen LogP contribution in [0.2, 0.25) is 5.02 Å². The van der Waals surface area contributed by atoms with Crippen molar-refractivity contribution in [2.75, 3.05) is 37.7 Å². The minimum absolute atomic E-state index is 0.0590. The number of nitrogens with zero attached hydrogens (tertiary/aromatic N) is 1. The molecule has 2 saturated carbocycles. The van der Waals surface area contributed by atoms with Crippen molar-refractivity contribution in [3.63, 3.8) is 0 Å². The fourth-order valence-electron chi connectivity index (χ4n) is 8.22. The minimum Gasteiger partial charge on any atom is -0.378 e. The van der Waals surface area contributed by atoms with Crippen LogP contribution in [0.25, 0.3) is 0 Å². The number of fused-ring (bicyclic) bond motifs is 1. The fourth-order valence-corrected chi connectivity index (χ4v) is 8.41. The lowest BCUT2D eigenvalue weighted by atomic mass is 9.60. The van der Waals surface area contributed by atoms with E-state index in [1.165, 1.54) is 81.9 Å². The van der Waals surface area contributed by atoms with Gasteiger partial charge in [-0.2, -0.15) is 0 Å². The van der Waals surface area contributed by atoms with Crippen LogP contribution in [0.15, 0.2) is 18.2 Å². The van der Waals surface area contributed by atoms with Crippen molar-refractivity contribution in [3.05, 3.63) is 28.8 Å². The molecule has 4 atom stereocenters. The van der Waals surface area contributed by atoms with E-state index >= 15 is 0 Å². The van der Waals surface area contributed by atoms with Crippen molar-refractivity contribution < 1.29 is 9.53 Å². The van der Waals surface area contributed by atoms with E-state index in [0.717, 1.165) is 44.2 Å². The number of rotatable bonds is 6. The number of carbonyl (C=O) groups excluding carboxylic acids is 1. The molecule has 1 aromatic rings. The average Bonchev–Trinajstić information content (AvgIpc) is 3.37. The quantitative estimate of drug-likeness (QED) is 0.466. The number of ether oxygens (including phenoxy) is 1. The molecule has 2 aliphatic carbocycles. The Balaban J connectivity index is 1.23. The van der Waals surface area contributed by atoms with E-state index in [-0.39, 0.29) is 17.5 Å². The molecule has 1 amide bonds. The summed E-state index contributed by atoms with van der Waals surface area (Å²) in [4.78, 5) is 15.9. The van der Waals surface area contributed by atoms with Crippen molar-refractivity contribution >= 4 is 23.2 Å². The van der Waals surface area contributed by atoms with Gasteiger partial charge in [-0.1, -0.05) is 63.5 Å². The second kappa shape index (κ2) is 12.7. The van der Waals surface area contributed by atoms with Crippen LogP contribution in [0, 0.1) is 17.8 Å². The van der Waals surface area contributed by atoms with E-state index in [1.807, 2.05) is 6.07 Å². The molecule has 0 aromatic heterocycles. The van der Waals surface area contributed by atoms with E-state index in [9.17, 15) is 4.79 Å². The van der Waals surface area contributed by atoms with E-state index in [2.05, 4.69) is 34.6 Å². The maximum atomic E-state index is 13.5. The van der Waals surface area contributed by atoms with Crippen molar-refractivity contribution in [1.82, 2.24) is 10.6 Å². The molecular weight excluding hydrogens is 482 g/mol. The minimum atomic E-state index is -0.0590. The van der Waals surface area contributed by atoms with Crippen LogP contribution in [0.3, 0.4) is 0 Å². The molecule has 206 valence electrons. The average molecular weight is 530 g/mol. The molecule has 4 fully saturated rings. The molecule has 4 unspecified atom stereocenters. The van der Waals surface area contributed by atoms with Gasteiger partial charge in [-0.15, -0.1) is 0 Å². The van der Waals surface area contributed by atoms with Crippen molar-refractivity contribution in [2.24, 2.45) is 17.8 Å². The van der Waals surface area contributed by atoms with Crippen LogP contribution < -0.4 is 15.5 Å². The molecule has 5 nitrogen and oxygen atoms in total. The third-order valence-electron chi connectivity index (χ3n) is 10.1. The molecule has 2 N–H and O–H groups in total. The third-order valence-corrected chi connectivity index (χ3v) is 10.3. The Labute approximate surface area is 229 Å². The molecule has 5 rings (SSSR count). The highest BCUT2D eigenvalue weighted by molar-refractivity contribution is 6.30. The summed E-state index contributed by atoms with van der Waals surface area (Å²) in [6.07, 6.45) is 16.6. The van der Waals surface area contributed by atoms with Crippen molar-refractivity contribution in [2.45, 2.75) is 102 Å². The van der Waals surface area contributed by atoms with Crippen molar-refractivity contribution in [1.29, 1.82) is 0 Å². The Morgan fingerprint density at radius 3 is 2.49 bits per heavy atom. The number of carbonyl (C=O) groups is 1. The predicted molar refractivity (Wildman–Crippen MR) is 152 cm³/mol. The summed E-state index contributed by atoms with van der Waals surface area (Å²) in [6, 6.07) is 6.10. The molecule has 2 heterocycles. The highest BCUT2D eigenvalue weighted by Crippen LogP contribution is 2.52. The highest BCUT2D eigenvalue weighted by Gasteiger charge is 2.56. The van der Waals surface area contributed by atoms with Gasteiger partial charge in [-0.25, -0.2) is 0 Å². The number of benzene rings is 1. The maximum absolute atomic E-state index is 13.5. The summed E-state index contributed by atoms with van der Waals surface area (Å²) in [7, 11) is 0. The number of hydrogen-bond donors (Lipinski definition) is 2. The Bertz CT molecular complexity index is 894. The first-order chi connectivity index (χ1) is 18.1. The topological polar surface area (TPSA) is 53.6 Å². The van der Waals surface area contributed by atoms with Crippen LogP contribution in [0.1, 0.15) is 89.5 Å². The van der Waals surface area contributed by atoms with Gasteiger partial charge in [0.05, 0.1) is 19.3 Å². The molecule has 0 bridgehead atoms. The molecule has 2 aliphatic heterocycles. The molecule has 0 spiro atoms. The number of halogens is 1. The number of anilines is 1. The van der Waals surface area contributed by atoms with Crippen LogP contribution >= 0.6 is 11.6 Å². The summed E-state index contributed by atoms with van der Waals surface area (Å²) in [5, 5.41) is 8.13. The lowest BCUT2D eigenvalue weighted by Gasteiger charge is -2.50. The van der Waals surface area contributed by atoms with Gasteiger partial charge < -0.3 is 15.0 Å². The number of morpholine rings is 1. The number of nitrogens with one attached hydrogen (secondary N) is 2. The Morgan fingerprint density at radius 2 is 1.73 bits per heavy atom. The largest absolute Gasteiger partial charge is 0.378 e. The number of hydrogen-bond acceptors (Lipinski definition) is 4. The molecule has 2 saturated heterocycles. The zero-order chi connectivity index (χ0) is 25.7. The molecule has 0 radical (unpaired) electrons. The monoisotopic (exact) mass is 529 g/mol. The first-order valence-electron chi connectivity index (χ1n) is 15.2. The summed E-state index contributed by atoms with van der Waals surface area (Å²) >= 11 is 6.36. The lowest BCUT2D eigenvalue weighted by molar-refractivity contribution is -0.123. The number of amides is 1. The second-order valence-electron chi connectivity index (χ2n) is 12.2. The predicted octanol–water partition coefficient (Wildman–Crippen LogP) is 6.12. The zero-order valence-corrected chi connectivity index (χ0v) is 23.7. The van der Waals surface area contributed by atoms with Gasteiger partial charge >= 0.3 is 0 Å². The fraction of sp³-hybridized carbons (Fsp3) is 0.774. The zero-order valence-electron chi connectivity index (χ0n) is 22.9. The maximum Gasteiger partial charge on any atom is 0.237 e. The first-order valence-corrected chi connectivity index (χ1v) is 15.6. The van der Waals surface area contributed by atoms with Gasteiger partial charge in [-0.05, 0) is 80.0 Å². The van der Waals surface area contributed by atoms with Gasteiger partial charge in [0.15, 0.2) is 0 Å². The molecule has 6 heteroatoms. The Hall–Kier alpha value is -1.30. The third kappa shape index (κ3) is 6.15. The lowest BCUT2D eigenvalue weighted by Crippen LogP contribution is -2.60. The normalized spacial score (nSPS) is 31.7. The summed E-state index contributed by atoms with van der Waals surface area (Å²) in [6.45, 7) is 6.43. The smallest absolute Gasteiger partial charge is 0.237 e. The summed E-state index contributed by atoms with van der Waals surface area (Å²) < 4.78 is 5.54. The van der Waals surface area contributed by atoms with E-state index < -0.39 is 0 Å². The summed E-state index contributed by atoms with van der Waals surface area (Å²) in [5.74, 6) is 2.20. The van der Waals surface area contributed by atoms with Crippen LogP contribution in [0.4, 0.5) is 5.69 Å². The Morgan fingerprint density at radius 1 is 1.03 bits per heavy atom. The van der Waals surface area contributed by atoms with Gasteiger partial charge in [0.1, 0.15) is 0 Å². The second-order valence-corrected chi connectivity index (χ2v) is 12.6. The molecular formula is C31H48ClN3O2. The standard InChI is InChI=1S/C31H48ClN3O2/c1-23-9-8-12-26-22-28(34-31(23,26)25-10-6-4-2-3-5-7-11-25)30(36)33-16-15-24-21-27(32)13-14-29(24)35-17-19-37-20-18-35/h13-14,21,23,25-26,28,34H,2-12,15-20,22H2,1H3,(H,33,36). The van der Waals surface area contributed by atoms with Crippen LogP contribution in [-0.2, 0) is 16.0 Å². The summed E-state index contributed by atoms with van der Waals surface area (Å²) in [5.41, 5.74) is 2.58. The molecule has 37 heavy (non-hydrogen) atoms. The van der Waals surface area contributed by atoms with Gasteiger partial charge in [0, 0.05) is 35.9 Å². The van der Waals surface area contributed by atoms with Gasteiger partial charge in [0.2, 0.25) is 5.91 Å². The Kier molecular flexibility index (Phi) is 9.36.